The second-order valence-electron chi connectivity index (χ2n) is 3.76. The van der Waals surface area contributed by atoms with Crippen LogP contribution in [0.4, 0.5) is 0 Å². The summed E-state index contributed by atoms with van der Waals surface area (Å²) >= 11 is 3.31. The minimum absolute atomic E-state index is 0.00526. The number of sulfonamides is 1. The Morgan fingerprint density at radius 3 is 2.44 bits per heavy atom. The summed E-state index contributed by atoms with van der Waals surface area (Å²) in [7, 11) is -3.18. The van der Waals surface area contributed by atoms with Crippen LogP contribution in [0, 0.1) is 0 Å². The zero-order valence-electron chi connectivity index (χ0n) is 10.3. The summed E-state index contributed by atoms with van der Waals surface area (Å²) in [5, 5.41) is 0.817. The number of hydrogen-bond acceptors (Lipinski definition) is 3. The lowest BCUT2D eigenvalue weighted by molar-refractivity contribution is 0.162. The van der Waals surface area contributed by atoms with Crippen molar-refractivity contribution in [1.29, 1.82) is 0 Å². The molecule has 0 fully saturated rings. The number of hydrogen-bond donors (Lipinski definition) is 0. The van der Waals surface area contributed by atoms with E-state index in [-0.39, 0.29) is 18.4 Å². The monoisotopic (exact) mass is 315 g/mol. The maximum Gasteiger partial charge on any atom is 0.216 e. The molecule has 0 unspecified atom stereocenters. The van der Waals surface area contributed by atoms with Crippen molar-refractivity contribution in [2.75, 3.05) is 30.8 Å². The van der Waals surface area contributed by atoms with Crippen molar-refractivity contribution in [2.45, 2.75) is 33.2 Å². The Kier molecular flexibility index (Phi) is 8.63. The Balaban J connectivity index is 4.38. The fourth-order valence-corrected chi connectivity index (χ4v) is 3.22. The van der Waals surface area contributed by atoms with Crippen LogP contribution in [0.3, 0.4) is 0 Å². The van der Waals surface area contributed by atoms with Crippen molar-refractivity contribution < 1.29 is 13.2 Å². The molecule has 0 aliphatic heterocycles. The zero-order valence-corrected chi connectivity index (χ0v) is 12.7. The molecule has 0 saturated heterocycles. The molecule has 0 aromatic carbocycles. The summed E-state index contributed by atoms with van der Waals surface area (Å²) in [5.74, 6) is 0.0707. The van der Waals surface area contributed by atoms with Crippen molar-refractivity contribution in [2.24, 2.45) is 0 Å². The molecule has 0 aromatic heterocycles. The van der Waals surface area contributed by atoms with E-state index in [0.29, 0.717) is 13.2 Å². The van der Waals surface area contributed by atoms with Gasteiger partial charge in [-0.05, 0) is 27.2 Å². The van der Waals surface area contributed by atoms with E-state index in [9.17, 15) is 8.42 Å². The predicted molar refractivity (Wildman–Crippen MR) is 70.5 cm³/mol. The molecular formula is C10H22BrNO3S. The first kappa shape index (κ1) is 16.4. The molecular weight excluding hydrogens is 294 g/mol. The largest absolute Gasteiger partial charge is 0.381 e. The molecule has 0 saturated carbocycles. The fraction of sp³-hybridized carbons (Fsp3) is 1.00. The first-order chi connectivity index (χ1) is 7.45. The van der Waals surface area contributed by atoms with Gasteiger partial charge in [0.2, 0.25) is 10.0 Å². The summed E-state index contributed by atoms with van der Waals surface area (Å²) in [5.41, 5.74) is 0. The van der Waals surface area contributed by atoms with Crippen molar-refractivity contribution >= 4 is 26.0 Å². The van der Waals surface area contributed by atoms with Crippen LogP contribution in [0.1, 0.15) is 27.2 Å². The van der Waals surface area contributed by atoms with Gasteiger partial charge in [-0.3, -0.25) is 0 Å². The van der Waals surface area contributed by atoms with Crippen LogP contribution in [0.2, 0.25) is 0 Å². The SMILES string of the molecule is CCOCCS(=O)(=O)N(CCCBr)C(C)C. The lowest BCUT2D eigenvalue weighted by atomic mass is 10.4. The number of halogens is 1. The van der Waals surface area contributed by atoms with Gasteiger partial charge in [-0.25, -0.2) is 8.42 Å². The fourth-order valence-electron chi connectivity index (χ4n) is 1.36. The molecule has 0 radical (unpaired) electrons. The minimum atomic E-state index is -3.18. The van der Waals surface area contributed by atoms with Crippen LogP contribution >= 0.6 is 15.9 Å². The topological polar surface area (TPSA) is 46.6 Å². The van der Waals surface area contributed by atoms with Gasteiger partial charge < -0.3 is 4.74 Å². The Bertz CT molecular complexity index is 267. The summed E-state index contributed by atoms with van der Waals surface area (Å²) in [4.78, 5) is 0. The number of alkyl halides is 1. The lowest BCUT2D eigenvalue weighted by Gasteiger charge is -2.25. The van der Waals surface area contributed by atoms with Crippen molar-refractivity contribution in [3.05, 3.63) is 0 Å². The maximum atomic E-state index is 12.0. The molecule has 0 amide bonds. The average Bonchev–Trinajstić information content (AvgIpc) is 2.17. The van der Waals surface area contributed by atoms with E-state index < -0.39 is 10.0 Å². The Morgan fingerprint density at radius 1 is 1.38 bits per heavy atom. The highest BCUT2D eigenvalue weighted by Crippen LogP contribution is 2.09. The molecule has 0 aliphatic rings. The highest BCUT2D eigenvalue weighted by atomic mass is 79.9. The third-order valence-electron chi connectivity index (χ3n) is 2.14. The second kappa shape index (κ2) is 8.44. The van der Waals surface area contributed by atoms with Gasteiger partial charge in [0.15, 0.2) is 0 Å². The second-order valence-corrected chi connectivity index (χ2v) is 6.59. The van der Waals surface area contributed by atoms with E-state index in [1.165, 1.54) is 0 Å². The van der Waals surface area contributed by atoms with Crippen LogP contribution < -0.4 is 0 Å². The summed E-state index contributed by atoms with van der Waals surface area (Å²) < 4.78 is 30.6. The van der Waals surface area contributed by atoms with E-state index in [1.807, 2.05) is 20.8 Å². The molecule has 0 rings (SSSR count). The third-order valence-corrected chi connectivity index (χ3v) is 4.70. The van der Waals surface area contributed by atoms with E-state index in [0.717, 1.165) is 11.8 Å². The van der Waals surface area contributed by atoms with E-state index in [4.69, 9.17) is 4.74 Å². The molecule has 16 heavy (non-hydrogen) atoms. The summed E-state index contributed by atoms with van der Waals surface area (Å²) in [6, 6.07) is 0.00526. The number of nitrogens with zero attached hydrogens (tertiary/aromatic N) is 1. The van der Waals surface area contributed by atoms with Gasteiger partial charge >= 0.3 is 0 Å². The molecule has 0 aliphatic carbocycles. The van der Waals surface area contributed by atoms with Crippen molar-refractivity contribution in [1.82, 2.24) is 4.31 Å². The van der Waals surface area contributed by atoms with Crippen LogP contribution in [0.5, 0.6) is 0 Å². The highest BCUT2D eigenvalue weighted by molar-refractivity contribution is 9.09. The number of ether oxygens (including phenoxy) is 1. The van der Waals surface area contributed by atoms with Crippen LogP contribution in [-0.4, -0.2) is 49.6 Å². The van der Waals surface area contributed by atoms with Gasteiger partial charge in [0.1, 0.15) is 0 Å². The minimum Gasteiger partial charge on any atom is -0.381 e. The van der Waals surface area contributed by atoms with Gasteiger partial charge in [-0.15, -0.1) is 0 Å². The first-order valence-corrected chi connectivity index (χ1v) is 8.32. The van der Waals surface area contributed by atoms with E-state index in [1.54, 1.807) is 4.31 Å². The predicted octanol–water partition coefficient (Wildman–Crippen LogP) is 1.85. The Morgan fingerprint density at radius 2 is 2.00 bits per heavy atom. The molecule has 0 bridgehead atoms. The first-order valence-electron chi connectivity index (χ1n) is 5.59. The molecule has 4 nitrogen and oxygen atoms in total. The Hall–Kier alpha value is 0.350. The standard InChI is InChI=1S/C10H22BrNO3S/c1-4-15-8-9-16(13,14)12(10(2)3)7-5-6-11/h10H,4-9H2,1-3H3. The normalized spacial score (nSPS) is 12.6. The van der Waals surface area contributed by atoms with E-state index >= 15 is 0 Å². The zero-order chi connectivity index (χ0) is 12.6. The highest BCUT2D eigenvalue weighted by Gasteiger charge is 2.23. The molecule has 98 valence electrons. The van der Waals surface area contributed by atoms with Gasteiger partial charge in [0.25, 0.3) is 0 Å². The molecule has 0 aromatic rings. The molecule has 6 heteroatoms. The summed E-state index contributed by atoms with van der Waals surface area (Å²) in [6.45, 7) is 7.04. The lowest BCUT2D eigenvalue weighted by Crippen LogP contribution is -2.40. The molecule has 0 spiro atoms. The number of rotatable bonds is 9. The molecule has 0 N–H and O–H groups in total. The Labute approximate surface area is 108 Å². The van der Waals surface area contributed by atoms with Crippen molar-refractivity contribution in [3.63, 3.8) is 0 Å². The van der Waals surface area contributed by atoms with Crippen molar-refractivity contribution in [3.8, 4) is 0 Å². The smallest absolute Gasteiger partial charge is 0.216 e. The van der Waals surface area contributed by atoms with Crippen LogP contribution in [-0.2, 0) is 14.8 Å². The average molecular weight is 316 g/mol. The summed E-state index contributed by atoms with van der Waals surface area (Å²) in [6.07, 6.45) is 0.825. The van der Waals surface area contributed by atoms with Crippen LogP contribution in [0.25, 0.3) is 0 Å². The van der Waals surface area contributed by atoms with Gasteiger partial charge in [-0.1, -0.05) is 15.9 Å². The van der Waals surface area contributed by atoms with Gasteiger partial charge in [0, 0.05) is 24.5 Å². The molecule has 0 heterocycles. The quantitative estimate of drug-likeness (QED) is 0.482. The van der Waals surface area contributed by atoms with Gasteiger partial charge in [-0.2, -0.15) is 4.31 Å². The maximum absolute atomic E-state index is 12.0. The van der Waals surface area contributed by atoms with Gasteiger partial charge in [0.05, 0.1) is 12.4 Å². The van der Waals surface area contributed by atoms with E-state index in [2.05, 4.69) is 15.9 Å². The molecule has 0 atom stereocenters. The third kappa shape index (κ3) is 6.18. The van der Waals surface area contributed by atoms with Crippen LogP contribution in [0.15, 0.2) is 0 Å².